The van der Waals surface area contributed by atoms with Gasteiger partial charge in [0.1, 0.15) is 16.9 Å². The van der Waals surface area contributed by atoms with Crippen molar-refractivity contribution in [1.82, 2.24) is 19.5 Å². The van der Waals surface area contributed by atoms with E-state index >= 15 is 0 Å². The van der Waals surface area contributed by atoms with Gasteiger partial charge in [-0.05, 0) is 12.1 Å². The maximum Gasteiger partial charge on any atom is 0.329 e. The van der Waals surface area contributed by atoms with Gasteiger partial charge in [-0.15, -0.1) is 0 Å². The normalized spacial score (nSPS) is 12.1. The van der Waals surface area contributed by atoms with E-state index in [9.17, 15) is 19.5 Å². The topological polar surface area (TPSA) is 134 Å². The second-order valence-corrected chi connectivity index (χ2v) is 5.64. The minimum absolute atomic E-state index is 0.0101. The Morgan fingerprint density at radius 2 is 1.96 bits per heavy atom. The summed E-state index contributed by atoms with van der Waals surface area (Å²) in [7, 11) is 1.39. The van der Waals surface area contributed by atoms with Gasteiger partial charge in [0.2, 0.25) is 0 Å². The first-order valence-corrected chi connectivity index (χ1v) is 7.57. The van der Waals surface area contributed by atoms with Crippen LogP contribution in [-0.2, 0) is 7.05 Å². The van der Waals surface area contributed by atoms with Crippen LogP contribution in [0.2, 0.25) is 0 Å². The molecule has 0 fully saturated rings. The number of aromatic nitrogens is 4. The summed E-state index contributed by atoms with van der Waals surface area (Å²) in [5.74, 6) is -0.165. The fraction of sp³-hybridized carbons (Fsp3) is 0.0588. The Balaban J connectivity index is 1.89. The third-order valence-corrected chi connectivity index (χ3v) is 3.95. The Bertz CT molecular complexity index is 1340. The molecule has 0 aliphatic carbocycles. The molecule has 3 aromatic heterocycles. The van der Waals surface area contributed by atoms with Gasteiger partial charge in [-0.3, -0.25) is 19.1 Å². The van der Waals surface area contributed by atoms with Crippen LogP contribution in [0.1, 0.15) is 11.5 Å². The molecule has 0 aliphatic rings. The molecule has 0 atom stereocenters. The number of rotatable bonds is 2. The Hall–Kier alpha value is -3.88. The van der Waals surface area contributed by atoms with Crippen molar-refractivity contribution in [1.29, 1.82) is 0 Å². The fourth-order valence-electron chi connectivity index (χ4n) is 2.60. The van der Waals surface area contributed by atoms with E-state index in [2.05, 4.69) is 15.0 Å². The molecule has 0 saturated carbocycles. The average Bonchev–Trinajstić information content (AvgIpc) is 3.05. The molecule has 0 saturated heterocycles. The van der Waals surface area contributed by atoms with E-state index in [1.54, 1.807) is 18.2 Å². The minimum atomic E-state index is -0.739. The van der Waals surface area contributed by atoms with Gasteiger partial charge in [0.05, 0.1) is 0 Å². The summed E-state index contributed by atoms with van der Waals surface area (Å²) < 4.78 is 6.58. The number of hydrogen-bond acceptors (Lipinski definition) is 6. The van der Waals surface area contributed by atoms with Crippen LogP contribution in [0.25, 0.3) is 34.0 Å². The molecule has 0 spiro atoms. The van der Waals surface area contributed by atoms with E-state index in [0.29, 0.717) is 5.58 Å². The van der Waals surface area contributed by atoms with Gasteiger partial charge >= 0.3 is 5.69 Å². The quantitative estimate of drug-likeness (QED) is 0.463. The molecule has 0 bridgehead atoms. The summed E-state index contributed by atoms with van der Waals surface area (Å²) in [6.45, 7) is 0. The highest BCUT2D eigenvalue weighted by molar-refractivity contribution is 5.84. The predicted octanol–water partition coefficient (Wildman–Crippen LogP) is 1.11. The first-order chi connectivity index (χ1) is 12.4. The van der Waals surface area contributed by atoms with Crippen LogP contribution in [0.15, 0.2) is 49.1 Å². The summed E-state index contributed by atoms with van der Waals surface area (Å²) in [6, 6.07) is 8.80. The molecule has 1 aromatic carbocycles. The van der Waals surface area contributed by atoms with Gasteiger partial charge in [0.15, 0.2) is 17.0 Å². The van der Waals surface area contributed by atoms with Crippen molar-refractivity contribution in [3.05, 3.63) is 73.0 Å². The highest BCUT2D eigenvalue weighted by Crippen LogP contribution is 2.23. The first kappa shape index (κ1) is 15.6. The SMILES string of the molecule is Cn1c(=O)[nH]c(=O)c2nc(C=C(O)c3cc4ccccc4o3)c(=O)[nH]c21. The van der Waals surface area contributed by atoms with Crippen molar-refractivity contribution < 1.29 is 9.52 Å². The highest BCUT2D eigenvalue weighted by atomic mass is 16.4. The highest BCUT2D eigenvalue weighted by Gasteiger charge is 2.13. The molecule has 3 heterocycles. The van der Waals surface area contributed by atoms with E-state index < -0.39 is 16.8 Å². The zero-order chi connectivity index (χ0) is 18.4. The first-order valence-electron chi connectivity index (χ1n) is 7.57. The minimum Gasteiger partial charge on any atom is -0.504 e. The lowest BCUT2D eigenvalue weighted by Crippen LogP contribution is -2.31. The zero-order valence-corrected chi connectivity index (χ0v) is 13.4. The third kappa shape index (κ3) is 2.42. The molecule has 0 amide bonds. The summed E-state index contributed by atoms with van der Waals surface area (Å²) >= 11 is 0. The number of aliphatic hydroxyl groups is 1. The Kier molecular flexibility index (Phi) is 3.36. The number of aliphatic hydroxyl groups excluding tert-OH is 1. The average molecular weight is 352 g/mol. The number of nitrogens with zero attached hydrogens (tertiary/aromatic N) is 2. The van der Waals surface area contributed by atoms with E-state index in [1.807, 2.05) is 12.1 Å². The van der Waals surface area contributed by atoms with E-state index in [0.717, 1.165) is 16.0 Å². The lowest BCUT2D eigenvalue weighted by Gasteiger charge is -2.03. The lowest BCUT2D eigenvalue weighted by atomic mass is 10.2. The number of nitrogens with one attached hydrogen (secondary N) is 2. The van der Waals surface area contributed by atoms with E-state index in [1.165, 1.54) is 7.05 Å². The molecule has 9 heteroatoms. The zero-order valence-electron chi connectivity index (χ0n) is 13.4. The molecular weight excluding hydrogens is 340 g/mol. The van der Waals surface area contributed by atoms with Gasteiger partial charge in [-0.1, -0.05) is 18.2 Å². The summed E-state index contributed by atoms with van der Waals surface area (Å²) in [6.07, 6.45) is 1.10. The molecule has 0 unspecified atom stereocenters. The Morgan fingerprint density at radius 1 is 1.19 bits per heavy atom. The number of aryl methyl sites for hydroxylation is 1. The van der Waals surface area contributed by atoms with Gasteiger partial charge in [-0.2, -0.15) is 0 Å². The van der Waals surface area contributed by atoms with Crippen molar-refractivity contribution in [2.75, 3.05) is 0 Å². The number of hydrogen-bond donors (Lipinski definition) is 3. The van der Waals surface area contributed by atoms with Gasteiger partial charge in [0, 0.05) is 18.5 Å². The predicted molar refractivity (Wildman–Crippen MR) is 94.9 cm³/mol. The van der Waals surface area contributed by atoms with Gasteiger partial charge < -0.3 is 14.5 Å². The molecule has 9 nitrogen and oxygen atoms in total. The second kappa shape index (κ2) is 5.59. The number of para-hydroxylation sites is 1. The Labute approximate surface area is 143 Å². The third-order valence-electron chi connectivity index (χ3n) is 3.95. The molecule has 130 valence electrons. The van der Waals surface area contributed by atoms with E-state index in [-0.39, 0.29) is 28.4 Å². The monoisotopic (exact) mass is 352 g/mol. The number of fused-ring (bicyclic) bond motifs is 2. The largest absolute Gasteiger partial charge is 0.504 e. The molecule has 0 radical (unpaired) electrons. The standard InChI is InChI=1S/C17H12N4O5/c1-21-14-13(16(24)20-17(21)25)18-9(15(23)19-14)7-10(22)12-6-8-4-2-3-5-11(8)26-12/h2-7,22H,1H3,(H,19,23)(H,20,24,25). The molecular formula is C17H12N4O5. The van der Waals surface area contributed by atoms with Crippen LogP contribution in [0.5, 0.6) is 0 Å². The molecule has 4 aromatic rings. The van der Waals surface area contributed by atoms with Crippen LogP contribution in [0.3, 0.4) is 0 Å². The molecule has 3 N–H and O–H groups in total. The van der Waals surface area contributed by atoms with Crippen molar-refractivity contribution in [3.8, 4) is 0 Å². The number of benzene rings is 1. The summed E-state index contributed by atoms with van der Waals surface area (Å²) in [5, 5.41) is 11.1. The van der Waals surface area contributed by atoms with Crippen molar-refractivity contribution >= 4 is 34.0 Å². The fourth-order valence-corrected chi connectivity index (χ4v) is 2.60. The van der Waals surface area contributed by atoms with Crippen LogP contribution >= 0.6 is 0 Å². The maximum atomic E-state index is 12.2. The Morgan fingerprint density at radius 3 is 2.73 bits per heavy atom. The van der Waals surface area contributed by atoms with Crippen LogP contribution in [0, 0.1) is 0 Å². The van der Waals surface area contributed by atoms with Crippen molar-refractivity contribution in [3.63, 3.8) is 0 Å². The van der Waals surface area contributed by atoms with Crippen LogP contribution in [0.4, 0.5) is 0 Å². The molecule has 4 rings (SSSR count). The van der Waals surface area contributed by atoms with E-state index in [4.69, 9.17) is 4.42 Å². The summed E-state index contributed by atoms with van der Waals surface area (Å²) in [5.41, 5.74) is -1.83. The maximum absolute atomic E-state index is 12.2. The smallest absolute Gasteiger partial charge is 0.329 e. The number of furan rings is 1. The molecule has 26 heavy (non-hydrogen) atoms. The van der Waals surface area contributed by atoms with Crippen LogP contribution < -0.4 is 16.8 Å². The number of H-pyrrole nitrogens is 2. The van der Waals surface area contributed by atoms with Gasteiger partial charge in [0.25, 0.3) is 11.1 Å². The lowest BCUT2D eigenvalue weighted by molar-refractivity contribution is 0.474. The van der Waals surface area contributed by atoms with Gasteiger partial charge in [-0.25, -0.2) is 9.78 Å². The van der Waals surface area contributed by atoms with Crippen LogP contribution in [-0.4, -0.2) is 24.6 Å². The van der Waals surface area contributed by atoms with Crippen molar-refractivity contribution in [2.24, 2.45) is 7.05 Å². The second-order valence-electron chi connectivity index (χ2n) is 5.64. The van der Waals surface area contributed by atoms with Crippen molar-refractivity contribution in [2.45, 2.75) is 0 Å². The number of aromatic amines is 2. The molecule has 0 aliphatic heterocycles. The summed E-state index contributed by atoms with van der Waals surface area (Å²) in [4.78, 5) is 44.2.